The fourth-order valence-corrected chi connectivity index (χ4v) is 1.50. The highest BCUT2D eigenvalue weighted by Gasteiger charge is 2.13. The van der Waals surface area contributed by atoms with Crippen LogP contribution in [0.3, 0.4) is 0 Å². The number of nitrogens with zero attached hydrogens (tertiary/aromatic N) is 2. The van der Waals surface area contributed by atoms with Gasteiger partial charge in [-0.1, -0.05) is 0 Å². The van der Waals surface area contributed by atoms with Gasteiger partial charge in [0.15, 0.2) is 0 Å². The molecule has 0 fully saturated rings. The number of aromatic nitrogens is 2. The molecule has 0 atom stereocenters. The molecule has 0 spiro atoms. The molecule has 0 unspecified atom stereocenters. The van der Waals surface area contributed by atoms with Gasteiger partial charge in [0.05, 0.1) is 5.69 Å². The van der Waals surface area contributed by atoms with Crippen LogP contribution in [-0.2, 0) is 0 Å². The van der Waals surface area contributed by atoms with Crippen LogP contribution in [-0.4, -0.2) is 9.97 Å². The fourth-order valence-electron chi connectivity index (χ4n) is 1.32. The molecule has 0 bridgehead atoms. The Bertz CT molecular complexity index is 529. The van der Waals surface area contributed by atoms with Gasteiger partial charge in [-0.15, -0.1) is 0 Å². The Hall–Kier alpha value is -1.62. The molecule has 1 heterocycles. The number of alkyl halides is 2. The molecule has 17 heavy (non-hydrogen) atoms. The van der Waals surface area contributed by atoms with Crippen molar-refractivity contribution in [1.82, 2.24) is 9.97 Å². The third-order valence-corrected chi connectivity index (χ3v) is 2.25. The molecule has 0 aliphatic carbocycles. The molecule has 2 nitrogen and oxygen atoms in total. The quantitative estimate of drug-likeness (QED) is 0.764. The zero-order valence-corrected chi connectivity index (χ0v) is 9.13. The molecule has 2 rings (SSSR count). The molecule has 0 N–H and O–H groups in total. The number of hydrogen-bond donors (Lipinski definition) is 0. The number of halogens is 4. The molecule has 0 aliphatic heterocycles. The highest BCUT2D eigenvalue weighted by molar-refractivity contribution is 6.28. The van der Waals surface area contributed by atoms with Gasteiger partial charge in [0, 0.05) is 5.56 Å². The zero-order valence-electron chi connectivity index (χ0n) is 8.37. The molecule has 0 radical (unpaired) electrons. The summed E-state index contributed by atoms with van der Waals surface area (Å²) in [5.41, 5.74) is 0.280. The van der Waals surface area contributed by atoms with E-state index < -0.39 is 17.9 Å². The number of hydrogen-bond acceptors (Lipinski definition) is 2. The zero-order chi connectivity index (χ0) is 12.4. The van der Waals surface area contributed by atoms with E-state index >= 15 is 0 Å². The Morgan fingerprint density at radius 3 is 2.29 bits per heavy atom. The highest BCUT2D eigenvalue weighted by atomic mass is 35.5. The van der Waals surface area contributed by atoms with Gasteiger partial charge < -0.3 is 0 Å². The Balaban J connectivity index is 2.48. The van der Waals surface area contributed by atoms with E-state index in [1.165, 1.54) is 24.3 Å². The number of rotatable bonds is 2. The summed E-state index contributed by atoms with van der Waals surface area (Å²) < 4.78 is 37.7. The smallest absolute Gasteiger partial charge is 0.218 e. The lowest BCUT2D eigenvalue weighted by Gasteiger charge is -2.04. The second kappa shape index (κ2) is 4.71. The fraction of sp³-hybridized carbons (Fsp3) is 0.0909. The maximum absolute atomic E-state index is 12.7. The molecule has 6 heteroatoms. The average Bonchev–Trinajstić information content (AvgIpc) is 2.29. The van der Waals surface area contributed by atoms with Crippen LogP contribution in [0.1, 0.15) is 12.1 Å². The summed E-state index contributed by atoms with van der Waals surface area (Å²) in [7, 11) is 0. The van der Waals surface area contributed by atoms with Crippen molar-refractivity contribution in [2.45, 2.75) is 6.43 Å². The monoisotopic (exact) mass is 258 g/mol. The summed E-state index contributed by atoms with van der Waals surface area (Å²) in [5.74, 6) is -0.414. The van der Waals surface area contributed by atoms with E-state index in [4.69, 9.17) is 11.6 Å². The molecule has 0 aliphatic rings. The lowest BCUT2D eigenvalue weighted by Crippen LogP contribution is -1.95. The molecular formula is C11H6ClF3N2. The van der Waals surface area contributed by atoms with Crippen molar-refractivity contribution in [2.24, 2.45) is 0 Å². The Labute approximate surface area is 100 Å². The molecule has 1 aromatic carbocycles. The van der Waals surface area contributed by atoms with Gasteiger partial charge in [-0.05, 0) is 41.9 Å². The minimum Gasteiger partial charge on any atom is -0.218 e. The normalized spacial score (nSPS) is 10.9. The van der Waals surface area contributed by atoms with Crippen molar-refractivity contribution in [2.75, 3.05) is 0 Å². The van der Waals surface area contributed by atoms with E-state index in [2.05, 4.69) is 9.97 Å². The summed E-state index contributed by atoms with van der Waals surface area (Å²) in [5, 5.41) is -0.262. The Morgan fingerprint density at radius 1 is 1.06 bits per heavy atom. The summed E-state index contributed by atoms with van der Waals surface area (Å²) >= 11 is 5.55. The average molecular weight is 259 g/mol. The summed E-state index contributed by atoms with van der Waals surface area (Å²) in [6, 6.07) is 6.43. The minimum absolute atomic E-state index is 0.236. The first-order valence-corrected chi connectivity index (χ1v) is 5.02. The predicted octanol–water partition coefficient (Wildman–Crippen LogP) is 3.87. The van der Waals surface area contributed by atoms with Crippen LogP contribution in [0.5, 0.6) is 0 Å². The first kappa shape index (κ1) is 11.9. The molecule has 0 saturated carbocycles. The molecule has 0 saturated heterocycles. The third-order valence-electron chi connectivity index (χ3n) is 2.08. The molecular weight excluding hydrogens is 253 g/mol. The lowest BCUT2D eigenvalue weighted by molar-refractivity contribution is 0.146. The predicted molar refractivity (Wildman–Crippen MR) is 57.4 cm³/mol. The van der Waals surface area contributed by atoms with E-state index in [9.17, 15) is 13.2 Å². The highest BCUT2D eigenvalue weighted by Crippen LogP contribution is 2.24. The maximum atomic E-state index is 12.7. The van der Waals surface area contributed by atoms with Gasteiger partial charge in [0.25, 0.3) is 6.43 Å². The van der Waals surface area contributed by atoms with E-state index in [1.54, 1.807) is 0 Å². The van der Waals surface area contributed by atoms with Crippen LogP contribution >= 0.6 is 11.6 Å². The number of benzene rings is 1. The van der Waals surface area contributed by atoms with E-state index in [0.717, 1.165) is 6.07 Å². The summed E-state index contributed by atoms with van der Waals surface area (Å²) in [6.45, 7) is 0. The van der Waals surface area contributed by atoms with Crippen molar-refractivity contribution < 1.29 is 13.2 Å². The first-order valence-electron chi connectivity index (χ1n) is 4.65. The van der Waals surface area contributed by atoms with Crippen LogP contribution in [0.25, 0.3) is 11.3 Å². The van der Waals surface area contributed by atoms with Gasteiger partial charge in [-0.3, -0.25) is 0 Å². The first-order chi connectivity index (χ1) is 8.06. The van der Waals surface area contributed by atoms with Gasteiger partial charge in [0.2, 0.25) is 5.28 Å². The van der Waals surface area contributed by atoms with E-state index in [1.807, 2.05) is 0 Å². The second-order valence-corrected chi connectivity index (χ2v) is 3.59. The third kappa shape index (κ3) is 2.74. The van der Waals surface area contributed by atoms with Crippen LogP contribution < -0.4 is 0 Å². The minimum atomic E-state index is -2.73. The van der Waals surface area contributed by atoms with Gasteiger partial charge in [-0.25, -0.2) is 23.1 Å². The van der Waals surface area contributed by atoms with Crippen molar-refractivity contribution >= 4 is 11.6 Å². The van der Waals surface area contributed by atoms with Crippen molar-refractivity contribution in [3.05, 3.63) is 47.1 Å². The standard InChI is InChI=1S/C11H6ClF3N2/c12-11-16-8(5-9(17-11)10(14)15)6-1-3-7(13)4-2-6/h1-5,10H. The molecule has 1 aromatic heterocycles. The molecule has 2 aromatic rings. The summed E-state index contributed by atoms with van der Waals surface area (Å²) in [6.07, 6.45) is -2.73. The van der Waals surface area contributed by atoms with Crippen LogP contribution in [0, 0.1) is 5.82 Å². The second-order valence-electron chi connectivity index (χ2n) is 3.25. The van der Waals surface area contributed by atoms with Crippen molar-refractivity contribution in [3.8, 4) is 11.3 Å². The largest absolute Gasteiger partial charge is 0.280 e. The van der Waals surface area contributed by atoms with Gasteiger partial charge in [-0.2, -0.15) is 0 Å². The van der Waals surface area contributed by atoms with Gasteiger partial charge in [0.1, 0.15) is 11.5 Å². The van der Waals surface area contributed by atoms with Gasteiger partial charge >= 0.3 is 0 Å². The van der Waals surface area contributed by atoms with Crippen molar-refractivity contribution in [1.29, 1.82) is 0 Å². The maximum Gasteiger partial charge on any atom is 0.280 e. The lowest BCUT2D eigenvalue weighted by atomic mass is 10.1. The summed E-state index contributed by atoms with van der Waals surface area (Å²) in [4.78, 5) is 7.22. The van der Waals surface area contributed by atoms with E-state index in [0.29, 0.717) is 5.56 Å². The molecule has 0 amide bonds. The van der Waals surface area contributed by atoms with E-state index in [-0.39, 0.29) is 11.0 Å². The molecule has 88 valence electrons. The SMILES string of the molecule is Fc1ccc(-c2cc(C(F)F)nc(Cl)n2)cc1. The Kier molecular flexibility index (Phi) is 3.28. The Morgan fingerprint density at radius 2 is 1.71 bits per heavy atom. The van der Waals surface area contributed by atoms with Crippen molar-refractivity contribution in [3.63, 3.8) is 0 Å². The van der Waals surface area contributed by atoms with Crippen LogP contribution in [0.2, 0.25) is 5.28 Å². The van der Waals surface area contributed by atoms with Crippen LogP contribution in [0.15, 0.2) is 30.3 Å². The topological polar surface area (TPSA) is 25.8 Å². The van der Waals surface area contributed by atoms with Crippen LogP contribution in [0.4, 0.5) is 13.2 Å².